The van der Waals surface area contributed by atoms with Crippen molar-refractivity contribution >= 4 is 5.69 Å². The molecule has 2 N–H and O–H groups in total. The van der Waals surface area contributed by atoms with Gasteiger partial charge in [-0.15, -0.1) is 0 Å². The standard InChI is InChI=1S/C16H15F4NO2/c17-12-2-1-11(15(9-12)16(18,19)20)10-21-13-3-5-14(6-4-13)23-8-7-22/h1-6,9,21-22H,7-8,10H2. The van der Waals surface area contributed by atoms with E-state index in [-0.39, 0.29) is 25.3 Å². The number of ether oxygens (including phenoxy) is 1. The van der Waals surface area contributed by atoms with E-state index < -0.39 is 17.6 Å². The number of benzene rings is 2. The molecular weight excluding hydrogens is 314 g/mol. The minimum absolute atomic E-state index is 0.0421. The third-order valence-corrected chi connectivity index (χ3v) is 3.07. The summed E-state index contributed by atoms with van der Waals surface area (Å²) < 4.78 is 56.9. The van der Waals surface area contributed by atoms with Crippen molar-refractivity contribution in [3.05, 3.63) is 59.4 Å². The predicted molar refractivity (Wildman–Crippen MR) is 77.8 cm³/mol. The van der Waals surface area contributed by atoms with E-state index in [9.17, 15) is 17.6 Å². The minimum atomic E-state index is -4.61. The van der Waals surface area contributed by atoms with Crippen LogP contribution in [0.15, 0.2) is 42.5 Å². The third-order valence-electron chi connectivity index (χ3n) is 3.07. The van der Waals surface area contributed by atoms with Gasteiger partial charge in [0.1, 0.15) is 18.2 Å². The Morgan fingerprint density at radius 3 is 2.35 bits per heavy atom. The summed E-state index contributed by atoms with van der Waals surface area (Å²) in [7, 11) is 0. The number of alkyl halides is 3. The average Bonchev–Trinajstić information content (AvgIpc) is 2.52. The Morgan fingerprint density at radius 2 is 1.74 bits per heavy atom. The zero-order valence-corrected chi connectivity index (χ0v) is 12.0. The molecule has 2 aromatic carbocycles. The van der Waals surface area contributed by atoms with Crippen molar-refractivity contribution in [2.24, 2.45) is 0 Å². The summed E-state index contributed by atoms with van der Waals surface area (Å²) in [5.74, 6) is -0.381. The van der Waals surface area contributed by atoms with Gasteiger partial charge in [-0.25, -0.2) is 4.39 Å². The lowest BCUT2D eigenvalue weighted by molar-refractivity contribution is -0.138. The summed E-state index contributed by atoms with van der Waals surface area (Å²) in [6.45, 7) is -0.0337. The number of hydrogen-bond donors (Lipinski definition) is 2. The van der Waals surface area contributed by atoms with Gasteiger partial charge in [-0.2, -0.15) is 13.2 Å². The second-order valence-electron chi connectivity index (χ2n) is 4.75. The van der Waals surface area contributed by atoms with E-state index in [1.807, 2.05) is 0 Å². The van der Waals surface area contributed by atoms with Crippen LogP contribution in [-0.4, -0.2) is 18.3 Å². The summed E-state index contributed by atoms with van der Waals surface area (Å²) in [6, 6.07) is 9.15. The van der Waals surface area contributed by atoms with Crippen LogP contribution in [-0.2, 0) is 12.7 Å². The molecule has 7 heteroatoms. The van der Waals surface area contributed by atoms with Gasteiger partial charge in [0.05, 0.1) is 12.2 Å². The fourth-order valence-electron chi connectivity index (χ4n) is 2.00. The monoisotopic (exact) mass is 329 g/mol. The number of aliphatic hydroxyl groups excluding tert-OH is 1. The van der Waals surface area contributed by atoms with Crippen LogP contribution in [0, 0.1) is 5.82 Å². The van der Waals surface area contributed by atoms with Crippen molar-refractivity contribution in [2.75, 3.05) is 18.5 Å². The van der Waals surface area contributed by atoms with Crippen LogP contribution in [0.3, 0.4) is 0 Å². The lowest BCUT2D eigenvalue weighted by atomic mass is 10.1. The zero-order chi connectivity index (χ0) is 16.9. The Hall–Kier alpha value is -2.28. The van der Waals surface area contributed by atoms with Crippen molar-refractivity contribution in [2.45, 2.75) is 12.7 Å². The molecule has 0 amide bonds. The maximum absolute atomic E-state index is 13.0. The van der Waals surface area contributed by atoms with Crippen molar-refractivity contribution in [3.63, 3.8) is 0 Å². The van der Waals surface area contributed by atoms with Gasteiger partial charge in [0.2, 0.25) is 0 Å². The molecule has 0 heterocycles. The second-order valence-corrected chi connectivity index (χ2v) is 4.75. The molecule has 124 valence electrons. The summed E-state index contributed by atoms with van der Waals surface area (Å²) in [5, 5.41) is 11.5. The van der Waals surface area contributed by atoms with Crippen LogP contribution in [0.2, 0.25) is 0 Å². The molecule has 0 bridgehead atoms. The molecule has 0 aliphatic rings. The Morgan fingerprint density at radius 1 is 1.04 bits per heavy atom. The lowest BCUT2D eigenvalue weighted by Gasteiger charge is -2.14. The second kappa shape index (κ2) is 7.32. The van der Waals surface area contributed by atoms with Crippen LogP contribution < -0.4 is 10.1 Å². The summed E-state index contributed by atoms with van der Waals surface area (Å²) in [6.07, 6.45) is -4.61. The molecule has 0 saturated heterocycles. The number of anilines is 1. The Labute approximate surface area is 130 Å². The first-order valence-corrected chi connectivity index (χ1v) is 6.83. The van der Waals surface area contributed by atoms with Crippen molar-refractivity contribution < 1.29 is 27.4 Å². The first-order chi connectivity index (χ1) is 10.9. The van der Waals surface area contributed by atoms with Gasteiger partial charge in [0, 0.05) is 12.2 Å². The fraction of sp³-hybridized carbons (Fsp3) is 0.250. The molecule has 0 spiro atoms. The van der Waals surface area contributed by atoms with Gasteiger partial charge in [0.15, 0.2) is 0 Å². The van der Waals surface area contributed by atoms with E-state index in [0.717, 1.165) is 12.1 Å². The maximum Gasteiger partial charge on any atom is 0.416 e. The molecule has 0 aliphatic carbocycles. The molecule has 2 aromatic rings. The molecule has 0 aliphatic heterocycles. The molecule has 0 unspecified atom stereocenters. The quantitative estimate of drug-likeness (QED) is 0.792. The summed E-state index contributed by atoms with van der Waals surface area (Å²) >= 11 is 0. The molecule has 0 aromatic heterocycles. The van der Waals surface area contributed by atoms with Gasteiger partial charge in [0.25, 0.3) is 0 Å². The maximum atomic E-state index is 13.0. The highest BCUT2D eigenvalue weighted by atomic mass is 19.4. The molecule has 2 rings (SSSR count). The van der Waals surface area contributed by atoms with Gasteiger partial charge < -0.3 is 15.2 Å². The van der Waals surface area contributed by atoms with Crippen LogP contribution >= 0.6 is 0 Å². The highest BCUT2D eigenvalue weighted by molar-refractivity contribution is 5.47. The van der Waals surface area contributed by atoms with Gasteiger partial charge in [-0.05, 0) is 42.0 Å². The van der Waals surface area contributed by atoms with Crippen LogP contribution in [0.25, 0.3) is 0 Å². The minimum Gasteiger partial charge on any atom is -0.491 e. The van der Waals surface area contributed by atoms with Gasteiger partial charge in [-0.1, -0.05) is 6.07 Å². The first-order valence-electron chi connectivity index (χ1n) is 6.83. The van der Waals surface area contributed by atoms with Crippen molar-refractivity contribution in [3.8, 4) is 5.75 Å². The van der Waals surface area contributed by atoms with E-state index in [1.165, 1.54) is 0 Å². The highest BCUT2D eigenvalue weighted by Crippen LogP contribution is 2.33. The molecular formula is C16H15F4NO2. The normalized spacial score (nSPS) is 11.3. The van der Waals surface area contributed by atoms with E-state index in [1.54, 1.807) is 24.3 Å². The van der Waals surface area contributed by atoms with E-state index in [4.69, 9.17) is 9.84 Å². The first kappa shape index (κ1) is 17.1. The third kappa shape index (κ3) is 4.85. The highest BCUT2D eigenvalue weighted by Gasteiger charge is 2.33. The van der Waals surface area contributed by atoms with Gasteiger partial charge >= 0.3 is 6.18 Å². The Balaban J connectivity index is 2.06. The van der Waals surface area contributed by atoms with Gasteiger partial charge in [-0.3, -0.25) is 0 Å². The largest absolute Gasteiger partial charge is 0.491 e. The number of aliphatic hydroxyl groups is 1. The average molecular weight is 329 g/mol. The van der Waals surface area contributed by atoms with Crippen LogP contribution in [0.1, 0.15) is 11.1 Å². The van der Waals surface area contributed by atoms with E-state index in [0.29, 0.717) is 17.5 Å². The van der Waals surface area contributed by atoms with Crippen LogP contribution in [0.4, 0.5) is 23.2 Å². The zero-order valence-electron chi connectivity index (χ0n) is 12.0. The molecule has 0 saturated carbocycles. The number of halogens is 4. The van der Waals surface area contributed by atoms with Crippen LogP contribution in [0.5, 0.6) is 5.75 Å². The topological polar surface area (TPSA) is 41.5 Å². The smallest absolute Gasteiger partial charge is 0.416 e. The van der Waals surface area contributed by atoms with Crippen molar-refractivity contribution in [1.82, 2.24) is 0 Å². The summed E-state index contributed by atoms with van der Waals surface area (Å²) in [4.78, 5) is 0. The molecule has 0 radical (unpaired) electrons. The predicted octanol–water partition coefficient (Wildman–Crippen LogP) is 3.83. The number of nitrogens with one attached hydrogen (secondary N) is 1. The van der Waals surface area contributed by atoms with Crippen molar-refractivity contribution in [1.29, 1.82) is 0 Å². The number of hydrogen-bond acceptors (Lipinski definition) is 3. The molecule has 0 fully saturated rings. The Bertz CT molecular complexity index is 642. The SMILES string of the molecule is OCCOc1ccc(NCc2ccc(F)cc2C(F)(F)F)cc1. The Kier molecular flexibility index (Phi) is 5.44. The van der Waals surface area contributed by atoms with E-state index >= 15 is 0 Å². The lowest BCUT2D eigenvalue weighted by Crippen LogP contribution is -2.12. The van der Waals surface area contributed by atoms with E-state index in [2.05, 4.69) is 5.32 Å². The summed E-state index contributed by atoms with van der Waals surface area (Å²) in [5.41, 5.74) is -0.439. The number of rotatable bonds is 6. The molecule has 0 atom stereocenters. The molecule has 3 nitrogen and oxygen atoms in total. The fourth-order valence-corrected chi connectivity index (χ4v) is 2.00. The molecule has 23 heavy (non-hydrogen) atoms.